The van der Waals surface area contributed by atoms with Crippen LogP contribution in [0.15, 0.2) is 48.5 Å². The van der Waals surface area contributed by atoms with Crippen molar-refractivity contribution in [3.05, 3.63) is 59.7 Å². The van der Waals surface area contributed by atoms with Crippen LogP contribution in [0.4, 0.5) is 4.79 Å². The van der Waals surface area contributed by atoms with Crippen molar-refractivity contribution in [2.75, 3.05) is 59.0 Å². The molecule has 2 aromatic rings. The smallest absolute Gasteiger partial charge is 0.410 e. The number of nitrogens with zero attached hydrogens (tertiary/aromatic N) is 3. The fourth-order valence-corrected chi connectivity index (χ4v) is 4.86. The lowest BCUT2D eigenvalue weighted by atomic mass is 9.98. The SMILES string of the molecule is O=C(O)CN1CCN(C(=O)OCC2c3ccccc3-c3ccccc32)CC1=O.O=C(O)CN1CCNCC1=O. The number of fused-ring (bicyclic) bond motifs is 3. The van der Waals surface area contributed by atoms with Gasteiger partial charge in [-0.25, -0.2) is 4.79 Å². The van der Waals surface area contributed by atoms with Gasteiger partial charge >= 0.3 is 18.0 Å². The molecule has 206 valence electrons. The Balaban J connectivity index is 0.000000270. The molecule has 2 saturated heterocycles. The van der Waals surface area contributed by atoms with Crippen molar-refractivity contribution < 1.29 is 38.9 Å². The average molecular weight is 539 g/mol. The van der Waals surface area contributed by atoms with Gasteiger partial charge in [0.25, 0.3) is 0 Å². The average Bonchev–Trinajstić information content (AvgIpc) is 3.23. The molecule has 2 fully saturated rings. The minimum atomic E-state index is -1.07. The van der Waals surface area contributed by atoms with Gasteiger partial charge in [0, 0.05) is 32.1 Å². The zero-order chi connectivity index (χ0) is 27.9. The molecule has 0 radical (unpaired) electrons. The van der Waals surface area contributed by atoms with E-state index in [2.05, 4.69) is 17.4 Å². The van der Waals surface area contributed by atoms with Gasteiger partial charge in [0.2, 0.25) is 11.8 Å². The number of amides is 3. The lowest BCUT2D eigenvalue weighted by Crippen LogP contribution is -2.53. The summed E-state index contributed by atoms with van der Waals surface area (Å²) in [7, 11) is 0. The zero-order valence-corrected chi connectivity index (χ0v) is 21.2. The van der Waals surface area contributed by atoms with E-state index < -0.39 is 18.0 Å². The lowest BCUT2D eigenvalue weighted by molar-refractivity contribution is -0.146. The molecule has 0 atom stereocenters. The number of aliphatic carboxylic acids is 2. The van der Waals surface area contributed by atoms with E-state index >= 15 is 0 Å². The van der Waals surface area contributed by atoms with Crippen LogP contribution in [-0.4, -0.2) is 114 Å². The van der Waals surface area contributed by atoms with Gasteiger partial charge in [-0.2, -0.15) is 0 Å². The summed E-state index contributed by atoms with van der Waals surface area (Å²) in [6.07, 6.45) is -0.551. The number of hydrogen-bond donors (Lipinski definition) is 3. The Kier molecular flexibility index (Phi) is 8.77. The molecular formula is C27H30N4O8. The summed E-state index contributed by atoms with van der Waals surface area (Å²) in [5.74, 6) is -2.59. The molecule has 12 heteroatoms. The molecule has 12 nitrogen and oxygen atoms in total. The maximum Gasteiger partial charge on any atom is 0.410 e. The topological polar surface area (TPSA) is 157 Å². The Bertz CT molecular complexity index is 1220. The third kappa shape index (κ3) is 6.71. The van der Waals surface area contributed by atoms with Crippen molar-refractivity contribution in [2.45, 2.75) is 5.92 Å². The van der Waals surface area contributed by atoms with E-state index in [0.29, 0.717) is 13.1 Å². The van der Waals surface area contributed by atoms with Gasteiger partial charge in [-0.15, -0.1) is 0 Å². The molecule has 2 aliphatic heterocycles. The normalized spacial score (nSPS) is 16.7. The largest absolute Gasteiger partial charge is 0.480 e. The van der Waals surface area contributed by atoms with Crippen molar-refractivity contribution in [3.63, 3.8) is 0 Å². The van der Waals surface area contributed by atoms with Crippen molar-refractivity contribution in [1.82, 2.24) is 20.0 Å². The Morgan fingerprint density at radius 1 is 0.821 bits per heavy atom. The maximum atomic E-state index is 12.5. The molecule has 5 rings (SSSR count). The van der Waals surface area contributed by atoms with Crippen LogP contribution in [0.5, 0.6) is 0 Å². The highest BCUT2D eigenvalue weighted by molar-refractivity contribution is 5.86. The zero-order valence-electron chi connectivity index (χ0n) is 21.2. The van der Waals surface area contributed by atoms with Crippen LogP contribution >= 0.6 is 0 Å². The van der Waals surface area contributed by atoms with Crippen LogP contribution in [0.3, 0.4) is 0 Å². The highest BCUT2D eigenvalue weighted by Gasteiger charge is 2.32. The Hall–Kier alpha value is -4.45. The van der Waals surface area contributed by atoms with E-state index in [0.717, 1.165) is 22.3 Å². The predicted molar refractivity (Wildman–Crippen MR) is 138 cm³/mol. The van der Waals surface area contributed by atoms with Gasteiger partial charge < -0.3 is 30.1 Å². The molecule has 3 amide bonds. The first-order valence-electron chi connectivity index (χ1n) is 12.5. The molecule has 0 spiro atoms. The van der Waals surface area contributed by atoms with Gasteiger partial charge in [-0.3, -0.25) is 24.1 Å². The Labute approximate surface area is 224 Å². The number of nitrogens with one attached hydrogen (secondary N) is 1. The van der Waals surface area contributed by atoms with Crippen molar-refractivity contribution in [1.29, 1.82) is 0 Å². The number of carbonyl (C=O) groups is 5. The number of hydrogen-bond acceptors (Lipinski definition) is 7. The number of rotatable bonds is 6. The number of ether oxygens (including phenoxy) is 1. The van der Waals surface area contributed by atoms with Crippen molar-refractivity contribution in [2.24, 2.45) is 0 Å². The van der Waals surface area contributed by atoms with E-state index in [1.807, 2.05) is 36.4 Å². The van der Waals surface area contributed by atoms with E-state index in [1.54, 1.807) is 0 Å². The fourth-order valence-electron chi connectivity index (χ4n) is 4.86. The molecule has 1 aliphatic carbocycles. The highest BCUT2D eigenvalue weighted by Crippen LogP contribution is 2.44. The predicted octanol–water partition coefficient (Wildman–Crippen LogP) is 0.667. The second kappa shape index (κ2) is 12.4. The quantitative estimate of drug-likeness (QED) is 0.481. The molecule has 2 aromatic carbocycles. The van der Waals surface area contributed by atoms with Gasteiger partial charge in [-0.1, -0.05) is 48.5 Å². The molecule has 0 aromatic heterocycles. The number of carbonyl (C=O) groups excluding carboxylic acids is 3. The number of piperazine rings is 2. The van der Waals surface area contributed by atoms with Gasteiger partial charge in [0.1, 0.15) is 26.2 Å². The molecular weight excluding hydrogens is 508 g/mol. The lowest BCUT2D eigenvalue weighted by Gasteiger charge is -2.33. The van der Waals surface area contributed by atoms with E-state index in [9.17, 15) is 24.0 Å². The minimum absolute atomic E-state index is 0.0413. The van der Waals surface area contributed by atoms with Crippen LogP contribution < -0.4 is 5.32 Å². The summed E-state index contributed by atoms with van der Waals surface area (Å²) in [6, 6.07) is 16.1. The highest BCUT2D eigenvalue weighted by atomic mass is 16.6. The fraction of sp³-hybridized carbons (Fsp3) is 0.370. The summed E-state index contributed by atoms with van der Waals surface area (Å²) >= 11 is 0. The van der Waals surface area contributed by atoms with Crippen LogP contribution in [0, 0.1) is 0 Å². The third-order valence-corrected chi connectivity index (χ3v) is 6.75. The maximum absolute atomic E-state index is 12.5. The molecule has 2 heterocycles. The van der Waals surface area contributed by atoms with Crippen LogP contribution in [0.1, 0.15) is 17.0 Å². The Morgan fingerprint density at radius 2 is 1.38 bits per heavy atom. The number of carboxylic acid groups (broad SMARTS) is 2. The third-order valence-electron chi connectivity index (χ3n) is 6.75. The summed E-state index contributed by atoms with van der Waals surface area (Å²) in [6.45, 7) is 1.38. The summed E-state index contributed by atoms with van der Waals surface area (Å²) in [5, 5.41) is 20.0. The van der Waals surface area contributed by atoms with Crippen LogP contribution in [0.25, 0.3) is 11.1 Å². The molecule has 39 heavy (non-hydrogen) atoms. The van der Waals surface area contributed by atoms with Gasteiger partial charge in [0.05, 0.1) is 6.54 Å². The first-order valence-corrected chi connectivity index (χ1v) is 12.5. The van der Waals surface area contributed by atoms with Gasteiger partial charge in [0.15, 0.2) is 0 Å². The summed E-state index contributed by atoms with van der Waals surface area (Å²) < 4.78 is 5.54. The number of benzene rings is 2. The van der Waals surface area contributed by atoms with Crippen LogP contribution in [-0.2, 0) is 23.9 Å². The molecule has 0 bridgehead atoms. The standard InChI is InChI=1S/C21H20N2O5.C6H10N2O3/c24-19-11-23(10-9-22(19)12-20(25)26)21(27)28-13-18-16-7-3-1-5-14(16)15-6-2-4-8-17(15)18;9-5-3-7-1-2-8(5)4-6(10)11/h1-8,18H,9-13H2,(H,25,26);7H,1-4H2,(H,10,11). The van der Waals surface area contributed by atoms with E-state index in [1.165, 1.54) is 14.7 Å². The second-order valence-corrected chi connectivity index (χ2v) is 9.32. The molecule has 0 unspecified atom stereocenters. The Morgan fingerprint density at radius 3 is 1.92 bits per heavy atom. The van der Waals surface area contributed by atoms with E-state index in [-0.39, 0.29) is 63.6 Å². The van der Waals surface area contributed by atoms with E-state index in [4.69, 9.17) is 14.9 Å². The summed E-state index contributed by atoms with van der Waals surface area (Å²) in [5.41, 5.74) is 4.55. The molecule has 0 saturated carbocycles. The first kappa shape index (κ1) is 27.6. The number of carboxylic acids is 2. The minimum Gasteiger partial charge on any atom is -0.480 e. The second-order valence-electron chi connectivity index (χ2n) is 9.32. The summed E-state index contributed by atoms with van der Waals surface area (Å²) in [4.78, 5) is 60.3. The molecule has 3 N–H and O–H groups in total. The monoisotopic (exact) mass is 538 g/mol. The van der Waals surface area contributed by atoms with Crippen LogP contribution in [0.2, 0.25) is 0 Å². The van der Waals surface area contributed by atoms with Crippen molar-refractivity contribution in [3.8, 4) is 11.1 Å². The molecule has 3 aliphatic rings. The van der Waals surface area contributed by atoms with Crippen molar-refractivity contribution >= 4 is 29.8 Å². The first-order chi connectivity index (χ1) is 18.7. The van der Waals surface area contributed by atoms with Gasteiger partial charge in [-0.05, 0) is 22.3 Å².